The molecule has 3 heterocycles. The highest BCUT2D eigenvalue weighted by Crippen LogP contribution is 2.39. The number of rotatable bonds is 9. The number of aromatic nitrogens is 3. The van der Waals surface area contributed by atoms with E-state index in [4.69, 9.17) is 21.8 Å². The number of halogens is 1. The van der Waals surface area contributed by atoms with E-state index in [0.717, 1.165) is 46.1 Å². The minimum absolute atomic E-state index is 0.127. The Morgan fingerprint density at radius 3 is 2.56 bits per heavy atom. The molecule has 190 valence electrons. The molecule has 11 heteroatoms. The van der Waals surface area contributed by atoms with E-state index in [-0.39, 0.29) is 18.7 Å². The molecular formula is C25H29ClN6O3S. The first-order valence-corrected chi connectivity index (χ1v) is 13.1. The van der Waals surface area contributed by atoms with Crippen molar-refractivity contribution >= 4 is 40.5 Å². The van der Waals surface area contributed by atoms with Gasteiger partial charge < -0.3 is 5.32 Å². The Morgan fingerprint density at radius 1 is 1.08 bits per heavy atom. The van der Waals surface area contributed by atoms with Gasteiger partial charge in [-0.2, -0.15) is 0 Å². The van der Waals surface area contributed by atoms with E-state index in [1.807, 2.05) is 35.8 Å². The van der Waals surface area contributed by atoms with E-state index in [0.29, 0.717) is 23.8 Å². The van der Waals surface area contributed by atoms with Crippen molar-refractivity contribution in [3.8, 4) is 5.00 Å². The molecule has 0 fully saturated rings. The molecule has 4 rings (SSSR count). The van der Waals surface area contributed by atoms with Gasteiger partial charge in [0.15, 0.2) is 5.82 Å². The Labute approximate surface area is 218 Å². The molecule has 1 aliphatic heterocycles. The molecule has 0 saturated heterocycles. The van der Waals surface area contributed by atoms with Gasteiger partial charge in [0.2, 0.25) is 11.8 Å². The molecule has 9 nitrogen and oxygen atoms in total. The first kappa shape index (κ1) is 26.0. The Morgan fingerprint density at radius 2 is 1.83 bits per heavy atom. The molecule has 0 radical (unpaired) electrons. The van der Waals surface area contributed by atoms with Crippen LogP contribution < -0.4 is 10.8 Å². The number of nitrogens with one attached hydrogen (secondary N) is 2. The van der Waals surface area contributed by atoms with Crippen molar-refractivity contribution in [2.45, 2.75) is 58.9 Å². The summed E-state index contributed by atoms with van der Waals surface area (Å²) in [6.45, 7) is 6.59. The molecule has 0 saturated carbocycles. The van der Waals surface area contributed by atoms with Crippen LogP contribution in [0.25, 0.3) is 5.00 Å². The zero-order valence-electron chi connectivity index (χ0n) is 20.5. The molecule has 0 spiro atoms. The van der Waals surface area contributed by atoms with Gasteiger partial charge in [-0.25, -0.2) is 5.48 Å². The van der Waals surface area contributed by atoms with Crippen molar-refractivity contribution < 1.29 is 14.8 Å². The summed E-state index contributed by atoms with van der Waals surface area (Å²) in [6.07, 6.45) is 2.53. The molecule has 36 heavy (non-hydrogen) atoms. The van der Waals surface area contributed by atoms with E-state index >= 15 is 0 Å². The van der Waals surface area contributed by atoms with Crippen molar-refractivity contribution in [3.05, 3.63) is 62.5 Å². The molecule has 1 aromatic carbocycles. The molecule has 0 aliphatic carbocycles. The highest BCUT2D eigenvalue weighted by atomic mass is 35.5. The lowest BCUT2D eigenvalue weighted by molar-refractivity contribution is -0.129. The lowest BCUT2D eigenvalue weighted by Gasteiger charge is -2.13. The maximum atomic E-state index is 12.9. The number of carbonyl (C=O) groups is 2. The van der Waals surface area contributed by atoms with Crippen molar-refractivity contribution in [2.24, 2.45) is 4.99 Å². The van der Waals surface area contributed by atoms with Crippen LogP contribution >= 0.6 is 22.9 Å². The molecule has 3 aromatic rings. The number of hydrogen-bond donors (Lipinski definition) is 3. The first-order valence-electron chi connectivity index (χ1n) is 11.9. The van der Waals surface area contributed by atoms with Gasteiger partial charge in [-0.1, -0.05) is 30.2 Å². The fourth-order valence-corrected chi connectivity index (χ4v) is 5.59. The monoisotopic (exact) mass is 528 g/mol. The van der Waals surface area contributed by atoms with Gasteiger partial charge in [0.05, 0.1) is 12.1 Å². The summed E-state index contributed by atoms with van der Waals surface area (Å²) in [5.41, 5.74) is 5.53. The highest BCUT2D eigenvalue weighted by molar-refractivity contribution is 7.15. The summed E-state index contributed by atoms with van der Waals surface area (Å²) in [5, 5.41) is 21.9. The van der Waals surface area contributed by atoms with Crippen LogP contribution in [0.2, 0.25) is 5.02 Å². The largest absolute Gasteiger partial charge is 0.356 e. The van der Waals surface area contributed by atoms with E-state index in [2.05, 4.69) is 29.4 Å². The molecular weight excluding hydrogens is 500 g/mol. The number of carbonyl (C=O) groups excluding carboxylic acids is 2. The van der Waals surface area contributed by atoms with Crippen molar-refractivity contribution in [3.63, 3.8) is 0 Å². The highest BCUT2D eigenvalue weighted by Gasteiger charge is 2.32. The summed E-state index contributed by atoms with van der Waals surface area (Å²) in [7, 11) is 0. The second-order valence-electron chi connectivity index (χ2n) is 8.80. The topological polar surface area (TPSA) is 122 Å². The molecule has 0 unspecified atom stereocenters. The molecule has 2 amide bonds. The Bertz CT molecular complexity index is 1300. The molecule has 1 atom stereocenters. The number of hydroxylamine groups is 1. The van der Waals surface area contributed by atoms with Crippen LogP contribution in [-0.2, 0) is 9.59 Å². The average molecular weight is 529 g/mol. The van der Waals surface area contributed by atoms with Crippen molar-refractivity contribution in [1.29, 1.82) is 0 Å². The third kappa shape index (κ3) is 5.50. The average Bonchev–Trinajstić information content (AvgIpc) is 3.33. The standard InChI is InChI=1S/C25H29ClN6O3S/c1-14-15(2)36-25-22(14)23(17-8-10-18(26)11-9-17)28-19(24-30-29-16(3)32(24)25)13-21(34)27-12-6-4-5-7-20(33)31-35/h8-11,19,35H,4-7,12-13H2,1-3H3,(H,27,34)(H,31,33)/t19-/m0/s1. The molecule has 3 N–H and O–H groups in total. The number of aliphatic imine (C=N–C) groups is 1. The van der Waals surface area contributed by atoms with Gasteiger partial charge >= 0.3 is 0 Å². The summed E-state index contributed by atoms with van der Waals surface area (Å²) in [6, 6.07) is 7.07. The van der Waals surface area contributed by atoms with Gasteiger partial charge in [0.25, 0.3) is 0 Å². The van der Waals surface area contributed by atoms with E-state index in [1.165, 1.54) is 4.88 Å². The SMILES string of the molecule is Cc1sc2c(c1C)C(c1ccc(Cl)cc1)=N[C@@H](CC(=O)NCCCCCC(=O)NO)c1nnc(C)n1-2. The van der Waals surface area contributed by atoms with Gasteiger partial charge in [0, 0.05) is 34.0 Å². The summed E-state index contributed by atoms with van der Waals surface area (Å²) in [5.74, 6) is 0.860. The number of hydrogen-bond acceptors (Lipinski definition) is 7. The molecule has 2 aromatic heterocycles. The van der Waals surface area contributed by atoms with Crippen LogP contribution in [0.15, 0.2) is 29.3 Å². The fraction of sp³-hybridized carbons (Fsp3) is 0.400. The molecule has 0 bridgehead atoms. The Kier molecular flexibility index (Phi) is 8.17. The van der Waals surface area contributed by atoms with Crippen LogP contribution in [0.5, 0.6) is 0 Å². The lowest BCUT2D eigenvalue weighted by Crippen LogP contribution is -2.26. The Balaban J connectivity index is 1.59. The third-order valence-electron chi connectivity index (χ3n) is 6.26. The van der Waals surface area contributed by atoms with Crippen LogP contribution in [0.4, 0.5) is 0 Å². The third-order valence-corrected chi connectivity index (χ3v) is 7.71. The van der Waals surface area contributed by atoms with E-state index in [9.17, 15) is 9.59 Å². The van der Waals surface area contributed by atoms with E-state index in [1.54, 1.807) is 16.8 Å². The summed E-state index contributed by atoms with van der Waals surface area (Å²) < 4.78 is 2.02. The van der Waals surface area contributed by atoms with Crippen LogP contribution in [0.3, 0.4) is 0 Å². The van der Waals surface area contributed by atoms with Gasteiger partial charge in [-0.15, -0.1) is 21.5 Å². The minimum atomic E-state index is -0.510. The predicted molar refractivity (Wildman–Crippen MR) is 139 cm³/mol. The minimum Gasteiger partial charge on any atom is -0.356 e. The maximum Gasteiger partial charge on any atom is 0.243 e. The quantitative estimate of drug-likeness (QED) is 0.216. The normalized spacial score (nSPS) is 14.5. The van der Waals surface area contributed by atoms with Crippen LogP contribution in [0, 0.1) is 20.8 Å². The van der Waals surface area contributed by atoms with Gasteiger partial charge in [0.1, 0.15) is 16.9 Å². The number of aryl methyl sites for hydroxylation is 2. The second kappa shape index (κ2) is 11.3. The van der Waals surface area contributed by atoms with Gasteiger partial charge in [-0.05, 0) is 51.3 Å². The van der Waals surface area contributed by atoms with Crippen molar-refractivity contribution in [2.75, 3.05) is 6.54 Å². The number of benzene rings is 1. The predicted octanol–water partition coefficient (Wildman–Crippen LogP) is 4.37. The zero-order valence-corrected chi connectivity index (χ0v) is 22.0. The second-order valence-corrected chi connectivity index (χ2v) is 10.4. The maximum absolute atomic E-state index is 12.9. The van der Waals surface area contributed by atoms with Gasteiger partial charge in [-0.3, -0.25) is 24.4 Å². The smallest absolute Gasteiger partial charge is 0.243 e. The number of fused-ring (bicyclic) bond motifs is 3. The first-order chi connectivity index (χ1) is 17.3. The van der Waals surface area contributed by atoms with Crippen molar-refractivity contribution in [1.82, 2.24) is 25.6 Å². The van der Waals surface area contributed by atoms with Crippen LogP contribution in [-0.4, -0.2) is 44.0 Å². The number of amides is 2. The Hall–Kier alpha value is -3.08. The summed E-state index contributed by atoms with van der Waals surface area (Å²) in [4.78, 5) is 30.3. The lowest BCUT2D eigenvalue weighted by atomic mass is 9.99. The molecule has 1 aliphatic rings. The summed E-state index contributed by atoms with van der Waals surface area (Å²) >= 11 is 7.82. The fourth-order valence-electron chi connectivity index (χ4n) is 4.25. The number of nitrogens with zero attached hydrogens (tertiary/aromatic N) is 4. The zero-order chi connectivity index (χ0) is 25.8. The number of thiophene rings is 1. The van der Waals surface area contributed by atoms with Crippen LogP contribution in [0.1, 0.15) is 71.4 Å². The number of unbranched alkanes of at least 4 members (excludes halogenated alkanes) is 2. The van der Waals surface area contributed by atoms with E-state index < -0.39 is 11.9 Å².